The summed E-state index contributed by atoms with van der Waals surface area (Å²) in [5.41, 5.74) is 4.98. The molecule has 2 aromatic carbocycles. The maximum Gasteiger partial charge on any atom is 0.229 e. The minimum atomic E-state index is -3.32. The van der Waals surface area contributed by atoms with Gasteiger partial charge in [-0.25, -0.2) is 8.42 Å². The third-order valence-electron chi connectivity index (χ3n) is 5.34. The zero-order chi connectivity index (χ0) is 20.5. The summed E-state index contributed by atoms with van der Waals surface area (Å²) in [6.45, 7) is 7.87. The van der Waals surface area contributed by atoms with Gasteiger partial charge in [-0.2, -0.15) is 0 Å². The van der Waals surface area contributed by atoms with Crippen LogP contribution in [-0.4, -0.2) is 32.5 Å². The molecule has 0 heterocycles. The normalized spacial score (nSPS) is 17.8. The number of carbonyl (C=O) groups excluding carboxylic acids is 1. The Morgan fingerprint density at radius 3 is 2.50 bits per heavy atom. The Hall–Kier alpha value is -2.34. The van der Waals surface area contributed by atoms with E-state index in [9.17, 15) is 13.2 Å². The summed E-state index contributed by atoms with van der Waals surface area (Å²) in [6.07, 6.45) is 3.24. The lowest BCUT2D eigenvalue weighted by molar-refractivity contribution is -0.119. The molecule has 0 aliphatic heterocycles. The van der Waals surface area contributed by atoms with Crippen LogP contribution in [0.5, 0.6) is 0 Å². The van der Waals surface area contributed by atoms with Gasteiger partial charge in [-0.3, -0.25) is 9.52 Å². The van der Waals surface area contributed by atoms with Gasteiger partial charge >= 0.3 is 0 Å². The first-order valence-corrected chi connectivity index (χ1v) is 11.3. The molecule has 1 aliphatic carbocycles. The van der Waals surface area contributed by atoms with Gasteiger partial charge in [0.15, 0.2) is 0 Å². The largest absolute Gasteiger partial charge is 0.341 e. The first-order valence-electron chi connectivity index (χ1n) is 9.44. The Morgan fingerprint density at radius 1 is 1.18 bits per heavy atom. The van der Waals surface area contributed by atoms with E-state index in [0.717, 1.165) is 47.9 Å². The fourth-order valence-corrected chi connectivity index (χ4v) is 4.20. The summed E-state index contributed by atoms with van der Waals surface area (Å²) in [4.78, 5) is 13.4. The van der Waals surface area contributed by atoms with Crippen molar-refractivity contribution in [2.75, 3.05) is 17.5 Å². The van der Waals surface area contributed by atoms with E-state index >= 15 is 0 Å². The number of sulfonamides is 1. The van der Waals surface area contributed by atoms with Crippen LogP contribution in [-0.2, 0) is 21.4 Å². The van der Waals surface area contributed by atoms with Gasteiger partial charge in [0.2, 0.25) is 16.4 Å². The highest BCUT2D eigenvalue weighted by Crippen LogP contribution is 2.51. The molecule has 2 aromatic rings. The van der Waals surface area contributed by atoms with Gasteiger partial charge in [0.1, 0.15) is 0 Å². The molecule has 1 aliphatic rings. The van der Waals surface area contributed by atoms with E-state index in [4.69, 9.17) is 0 Å². The molecule has 0 bridgehead atoms. The molecular formula is C22H28N2O3S. The fourth-order valence-electron chi connectivity index (χ4n) is 3.65. The molecule has 1 saturated carbocycles. The number of nitrogens with zero attached hydrogens (tertiary/aromatic N) is 1. The monoisotopic (exact) mass is 400 g/mol. The molecule has 1 unspecified atom stereocenters. The van der Waals surface area contributed by atoms with Crippen molar-refractivity contribution in [3.63, 3.8) is 0 Å². The first kappa shape index (κ1) is 20.4. The quantitative estimate of drug-likeness (QED) is 0.680. The van der Waals surface area contributed by atoms with Crippen molar-refractivity contribution in [2.24, 2.45) is 11.3 Å². The Balaban J connectivity index is 1.81. The third-order valence-corrected chi connectivity index (χ3v) is 5.95. The van der Waals surface area contributed by atoms with E-state index in [1.54, 1.807) is 6.07 Å². The maximum atomic E-state index is 11.6. The molecule has 1 amide bonds. The fraction of sp³-hybridized carbons (Fsp3) is 0.409. The highest BCUT2D eigenvalue weighted by Gasteiger charge is 2.45. The van der Waals surface area contributed by atoms with E-state index in [-0.39, 0.29) is 0 Å². The number of aryl methyl sites for hydroxylation is 1. The smallest absolute Gasteiger partial charge is 0.229 e. The topological polar surface area (TPSA) is 66.5 Å². The maximum absolute atomic E-state index is 11.6. The Bertz CT molecular complexity index is 983. The lowest BCUT2D eigenvalue weighted by atomic mass is 9.99. The summed E-state index contributed by atoms with van der Waals surface area (Å²) in [5, 5.41) is 0. The second-order valence-corrected chi connectivity index (χ2v) is 10.3. The summed E-state index contributed by atoms with van der Waals surface area (Å²) >= 11 is 0. The van der Waals surface area contributed by atoms with Gasteiger partial charge in [-0.15, -0.1) is 0 Å². The second kappa shape index (κ2) is 7.59. The number of hydrogen-bond acceptors (Lipinski definition) is 3. The molecular weight excluding hydrogens is 372 g/mol. The van der Waals surface area contributed by atoms with Crippen molar-refractivity contribution in [3.8, 4) is 11.1 Å². The predicted octanol–water partition coefficient (Wildman–Crippen LogP) is 4.04. The molecule has 0 aromatic heterocycles. The van der Waals surface area contributed by atoms with E-state index < -0.39 is 10.0 Å². The van der Waals surface area contributed by atoms with Crippen molar-refractivity contribution in [1.82, 2.24) is 4.90 Å². The standard InChI is InChI=1S/C22H28N2O3S/c1-16-8-17(13-24(15-25)14-20-12-22(20,2)3)10-19(9-16)18-6-5-7-21(11-18)23-28(4,26)27/h5-11,15,20,23H,12-14H2,1-4H3. The van der Waals surface area contributed by atoms with Crippen LogP contribution in [0.4, 0.5) is 5.69 Å². The highest BCUT2D eigenvalue weighted by molar-refractivity contribution is 7.92. The van der Waals surface area contributed by atoms with Gasteiger partial charge in [0, 0.05) is 18.8 Å². The average molecular weight is 401 g/mol. The van der Waals surface area contributed by atoms with Crippen molar-refractivity contribution in [1.29, 1.82) is 0 Å². The molecule has 0 radical (unpaired) electrons. The summed E-state index contributed by atoms with van der Waals surface area (Å²) in [7, 11) is -3.32. The molecule has 1 N–H and O–H groups in total. The van der Waals surface area contributed by atoms with E-state index in [0.29, 0.717) is 23.6 Å². The minimum Gasteiger partial charge on any atom is -0.341 e. The van der Waals surface area contributed by atoms with Crippen LogP contribution in [0.1, 0.15) is 31.4 Å². The van der Waals surface area contributed by atoms with Gasteiger partial charge < -0.3 is 4.90 Å². The lowest BCUT2D eigenvalue weighted by Gasteiger charge is -2.19. The van der Waals surface area contributed by atoms with Gasteiger partial charge in [-0.05, 0) is 59.6 Å². The SMILES string of the molecule is Cc1cc(CN(C=O)CC2CC2(C)C)cc(-c2cccc(NS(C)(=O)=O)c2)c1. The van der Waals surface area contributed by atoms with Crippen LogP contribution >= 0.6 is 0 Å². The van der Waals surface area contributed by atoms with Crippen LogP contribution in [0.25, 0.3) is 11.1 Å². The number of hydrogen-bond donors (Lipinski definition) is 1. The number of anilines is 1. The van der Waals surface area contributed by atoms with E-state index in [1.807, 2.05) is 30.0 Å². The molecule has 0 spiro atoms. The Morgan fingerprint density at radius 2 is 1.89 bits per heavy atom. The average Bonchev–Trinajstić information content (AvgIpc) is 3.18. The Kier molecular flexibility index (Phi) is 5.53. The molecule has 1 fully saturated rings. The predicted molar refractivity (Wildman–Crippen MR) is 113 cm³/mol. The molecule has 6 heteroatoms. The molecule has 150 valence electrons. The molecule has 28 heavy (non-hydrogen) atoms. The van der Waals surface area contributed by atoms with Gasteiger partial charge in [0.25, 0.3) is 0 Å². The van der Waals surface area contributed by atoms with Crippen LogP contribution in [0.2, 0.25) is 0 Å². The molecule has 3 rings (SSSR count). The van der Waals surface area contributed by atoms with Crippen molar-refractivity contribution >= 4 is 22.1 Å². The summed E-state index contributed by atoms with van der Waals surface area (Å²) in [5.74, 6) is 0.570. The van der Waals surface area contributed by atoms with Crippen molar-refractivity contribution in [2.45, 2.75) is 33.7 Å². The Labute approximate surface area is 167 Å². The zero-order valence-electron chi connectivity index (χ0n) is 16.9. The van der Waals surface area contributed by atoms with Crippen molar-refractivity contribution in [3.05, 3.63) is 53.6 Å². The van der Waals surface area contributed by atoms with Gasteiger partial charge in [-0.1, -0.05) is 43.7 Å². The van der Waals surface area contributed by atoms with Crippen LogP contribution < -0.4 is 4.72 Å². The van der Waals surface area contributed by atoms with Crippen LogP contribution in [0.15, 0.2) is 42.5 Å². The minimum absolute atomic E-state index is 0.339. The third kappa shape index (κ3) is 5.35. The number of amides is 1. The molecule has 0 saturated heterocycles. The highest BCUT2D eigenvalue weighted by atomic mass is 32.2. The summed E-state index contributed by atoms with van der Waals surface area (Å²) in [6, 6.07) is 13.6. The number of rotatable bonds is 8. The van der Waals surface area contributed by atoms with Crippen molar-refractivity contribution < 1.29 is 13.2 Å². The van der Waals surface area contributed by atoms with Crippen LogP contribution in [0, 0.1) is 18.3 Å². The summed E-state index contributed by atoms with van der Waals surface area (Å²) < 4.78 is 25.5. The first-order chi connectivity index (χ1) is 13.1. The number of benzene rings is 2. The van der Waals surface area contributed by atoms with Gasteiger partial charge in [0.05, 0.1) is 6.26 Å². The van der Waals surface area contributed by atoms with E-state index in [2.05, 4.69) is 36.8 Å². The number of carbonyl (C=O) groups is 1. The zero-order valence-corrected chi connectivity index (χ0v) is 17.7. The molecule has 1 atom stereocenters. The molecule has 5 nitrogen and oxygen atoms in total. The van der Waals surface area contributed by atoms with Crippen LogP contribution in [0.3, 0.4) is 0 Å². The second-order valence-electron chi connectivity index (χ2n) is 8.59. The lowest BCUT2D eigenvalue weighted by Crippen LogP contribution is -2.25. The number of nitrogens with one attached hydrogen (secondary N) is 1. The van der Waals surface area contributed by atoms with E-state index in [1.165, 1.54) is 0 Å².